The van der Waals surface area contributed by atoms with Gasteiger partial charge < -0.3 is 9.80 Å². The molecular formula is C22H32N2. The van der Waals surface area contributed by atoms with Gasteiger partial charge in [-0.15, -0.1) is 0 Å². The van der Waals surface area contributed by atoms with Crippen LogP contribution in [0, 0.1) is 0 Å². The van der Waals surface area contributed by atoms with Gasteiger partial charge in [-0.3, -0.25) is 0 Å². The first kappa shape index (κ1) is 18.4. The normalized spacial score (nSPS) is 12.0. The highest BCUT2D eigenvalue weighted by Crippen LogP contribution is 2.27. The second-order valence-corrected chi connectivity index (χ2v) is 6.61. The summed E-state index contributed by atoms with van der Waals surface area (Å²) in [6.07, 6.45) is 6.38. The standard InChI is InChI=1S/C22H32N2/c1-5-7-12-19(11-6-2)23(3)21-15-17-22(18-16-21)24(4)20-13-9-8-10-14-20/h8-10,13-19H,5-7,11-12H2,1-4H3. The van der Waals surface area contributed by atoms with Crippen molar-refractivity contribution in [2.24, 2.45) is 0 Å². The number of rotatable bonds is 9. The van der Waals surface area contributed by atoms with Crippen molar-refractivity contribution in [3.63, 3.8) is 0 Å². The minimum Gasteiger partial charge on any atom is -0.372 e. The maximum Gasteiger partial charge on any atom is 0.0409 e. The lowest BCUT2D eigenvalue weighted by Gasteiger charge is -2.30. The van der Waals surface area contributed by atoms with E-state index >= 15 is 0 Å². The van der Waals surface area contributed by atoms with E-state index in [2.05, 4.69) is 92.3 Å². The van der Waals surface area contributed by atoms with Gasteiger partial charge in [0, 0.05) is 37.2 Å². The number of para-hydroxylation sites is 1. The highest BCUT2D eigenvalue weighted by molar-refractivity contribution is 5.65. The lowest BCUT2D eigenvalue weighted by molar-refractivity contribution is 0.512. The molecule has 0 saturated heterocycles. The smallest absolute Gasteiger partial charge is 0.0409 e. The van der Waals surface area contributed by atoms with Crippen molar-refractivity contribution in [1.29, 1.82) is 0 Å². The van der Waals surface area contributed by atoms with Gasteiger partial charge in [-0.1, -0.05) is 51.3 Å². The van der Waals surface area contributed by atoms with Crippen LogP contribution in [0.15, 0.2) is 54.6 Å². The van der Waals surface area contributed by atoms with E-state index in [1.165, 1.54) is 49.2 Å². The van der Waals surface area contributed by atoms with Gasteiger partial charge in [0.2, 0.25) is 0 Å². The molecule has 0 amide bonds. The molecular weight excluding hydrogens is 292 g/mol. The van der Waals surface area contributed by atoms with Gasteiger partial charge in [-0.05, 0) is 49.2 Å². The number of anilines is 3. The molecule has 2 nitrogen and oxygen atoms in total. The Morgan fingerprint density at radius 3 is 1.88 bits per heavy atom. The van der Waals surface area contributed by atoms with Crippen LogP contribution in [0.2, 0.25) is 0 Å². The van der Waals surface area contributed by atoms with E-state index in [9.17, 15) is 0 Å². The Hall–Kier alpha value is -1.96. The third-order valence-electron chi connectivity index (χ3n) is 4.85. The van der Waals surface area contributed by atoms with Crippen molar-refractivity contribution in [3.05, 3.63) is 54.6 Å². The fraction of sp³-hybridized carbons (Fsp3) is 0.455. The zero-order chi connectivity index (χ0) is 17.4. The summed E-state index contributed by atoms with van der Waals surface area (Å²) >= 11 is 0. The van der Waals surface area contributed by atoms with Gasteiger partial charge in [-0.2, -0.15) is 0 Å². The fourth-order valence-corrected chi connectivity index (χ4v) is 3.23. The third kappa shape index (κ3) is 4.77. The van der Waals surface area contributed by atoms with Crippen LogP contribution >= 0.6 is 0 Å². The van der Waals surface area contributed by atoms with Gasteiger partial charge in [0.25, 0.3) is 0 Å². The highest BCUT2D eigenvalue weighted by atomic mass is 15.1. The summed E-state index contributed by atoms with van der Waals surface area (Å²) in [6.45, 7) is 4.56. The number of hydrogen-bond acceptors (Lipinski definition) is 2. The lowest BCUT2D eigenvalue weighted by atomic mass is 10.0. The first-order valence-electron chi connectivity index (χ1n) is 9.29. The van der Waals surface area contributed by atoms with Crippen LogP contribution < -0.4 is 9.80 Å². The van der Waals surface area contributed by atoms with Crippen molar-refractivity contribution in [2.75, 3.05) is 23.9 Å². The minimum atomic E-state index is 0.646. The molecule has 0 spiro atoms. The van der Waals surface area contributed by atoms with Gasteiger partial charge in [0.1, 0.15) is 0 Å². The molecule has 0 saturated carbocycles. The molecule has 2 rings (SSSR count). The van der Waals surface area contributed by atoms with Crippen molar-refractivity contribution in [2.45, 2.75) is 52.0 Å². The summed E-state index contributed by atoms with van der Waals surface area (Å²) < 4.78 is 0. The Bertz CT molecular complexity index is 577. The first-order valence-corrected chi connectivity index (χ1v) is 9.29. The second kappa shape index (κ2) is 9.36. The summed E-state index contributed by atoms with van der Waals surface area (Å²) in [5.41, 5.74) is 3.75. The molecule has 1 unspecified atom stereocenters. The predicted octanol–water partition coefficient (Wildman–Crippen LogP) is 6.25. The van der Waals surface area contributed by atoms with Gasteiger partial charge in [-0.25, -0.2) is 0 Å². The average Bonchev–Trinajstić information content (AvgIpc) is 2.65. The van der Waals surface area contributed by atoms with E-state index in [0.29, 0.717) is 6.04 Å². The molecule has 0 fully saturated rings. The maximum atomic E-state index is 2.46. The third-order valence-corrected chi connectivity index (χ3v) is 4.85. The minimum absolute atomic E-state index is 0.646. The zero-order valence-corrected chi connectivity index (χ0v) is 15.7. The summed E-state index contributed by atoms with van der Waals surface area (Å²) in [6, 6.07) is 20.1. The zero-order valence-electron chi connectivity index (χ0n) is 15.7. The van der Waals surface area contributed by atoms with Crippen molar-refractivity contribution in [3.8, 4) is 0 Å². The Kier molecular flexibility index (Phi) is 7.17. The van der Waals surface area contributed by atoms with Crippen molar-refractivity contribution in [1.82, 2.24) is 0 Å². The summed E-state index contributed by atoms with van der Waals surface area (Å²) in [5, 5.41) is 0. The second-order valence-electron chi connectivity index (χ2n) is 6.61. The van der Waals surface area contributed by atoms with E-state index in [-0.39, 0.29) is 0 Å². The SMILES string of the molecule is CCCCC(CCC)N(C)c1ccc(N(C)c2ccccc2)cc1. The molecule has 0 aliphatic heterocycles. The Morgan fingerprint density at radius 1 is 0.708 bits per heavy atom. The topological polar surface area (TPSA) is 6.48 Å². The van der Waals surface area contributed by atoms with Crippen LogP contribution in [-0.2, 0) is 0 Å². The monoisotopic (exact) mass is 324 g/mol. The van der Waals surface area contributed by atoms with Crippen LogP contribution in [0.25, 0.3) is 0 Å². The molecule has 24 heavy (non-hydrogen) atoms. The summed E-state index contributed by atoms with van der Waals surface area (Å²) in [4.78, 5) is 4.69. The molecule has 0 aliphatic carbocycles. The van der Waals surface area contributed by atoms with E-state index in [1.54, 1.807) is 0 Å². The molecule has 0 radical (unpaired) electrons. The van der Waals surface area contributed by atoms with Crippen LogP contribution in [0.4, 0.5) is 17.1 Å². The van der Waals surface area contributed by atoms with E-state index in [1.807, 2.05) is 0 Å². The molecule has 130 valence electrons. The molecule has 0 heterocycles. The van der Waals surface area contributed by atoms with Crippen LogP contribution in [-0.4, -0.2) is 20.1 Å². The molecule has 0 bridgehead atoms. The number of hydrogen-bond donors (Lipinski definition) is 0. The Labute approximate surface area is 148 Å². The number of nitrogens with zero attached hydrogens (tertiary/aromatic N) is 2. The van der Waals surface area contributed by atoms with Crippen LogP contribution in [0.3, 0.4) is 0 Å². The van der Waals surface area contributed by atoms with Crippen LogP contribution in [0.5, 0.6) is 0 Å². The van der Waals surface area contributed by atoms with E-state index in [4.69, 9.17) is 0 Å². The number of benzene rings is 2. The molecule has 2 aromatic rings. The summed E-state index contributed by atoms with van der Waals surface area (Å²) in [7, 11) is 4.36. The predicted molar refractivity (Wildman–Crippen MR) is 108 cm³/mol. The number of unbranched alkanes of at least 4 members (excludes halogenated alkanes) is 1. The first-order chi connectivity index (χ1) is 11.7. The van der Waals surface area contributed by atoms with E-state index < -0.39 is 0 Å². The Morgan fingerprint density at radius 2 is 1.29 bits per heavy atom. The molecule has 0 aliphatic rings. The largest absolute Gasteiger partial charge is 0.372 e. The van der Waals surface area contributed by atoms with E-state index in [0.717, 1.165) is 0 Å². The molecule has 0 aromatic heterocycles. The molecule has 1 atom stereocenters. The lowest BCUT2D eigenvalue weighted by Crippen LogP contribution is -2.31. The highest BCUT2D eigenvalue weighted by Gasteiger charge is 2.14. The summed E-state index contributed by atoms with van der Waals surface area (Å²) in [5.74, 6) is 0. The van der Waals surface area contributed by atoms with Crippen LogP contribution in [0.1, 0.15) is 46.0 Å². The molecule has 2 aromatic carbocycles. The van der Waals surface area contributed by atoms with Gasteiger partial charge in [0.15, 0.2) is 0 Å². The van der Waals surface area contributed by atoms with Gasteiger partial charge in [0.05, 0.1) is 0 Å². The van der Waals surface area contributed by atoms with Crippen molar-refractivity contribution < 1.29 is 0 Å². The molecule has 2 heteroatoms. The molecule has 0 N–H and O–H groups in total. The fourth-order valence-electron chi connectivity index (χ4n) is 3.23. The average molecular weight is 325 g/mol. The maximum absolute atomic E-state index is 2.46. The van der Waals surface area contributed by atoms with Gasteiger partial charge >= 0.3 is 0 Å². The van der Waals surface area contributed by atoms with Crippen molar-refractivity contribution >= 4 is 17.1 Å². The Balaban J connectivity index is 2.09. The quantitative estimate of drug-likeness (QED) is 0.538.